The predicted molar refractivity (Wildman–Crippen MR) is 155 cm³/mol. The molecule has 4 aliphatic rings. The molecule has 1 amide bonds. The first-order valence-corrected chi connectivity index (χ1v) is 15.4. The molecule has 0 spiro atoms. The van der Waals surface area contributed by atoms with Crippen LogP contribution in [0.15, 0.2) is 35.6 Å². The van der Waals surface area contributed by atoms with Crippen LogP contribution in [0.25, 0.3) is 10.9 Å². The van der Waals surface area contributed by atoms with E-state index >= 15 is 0 Å². The van der Waals surface area contributed by atoms with Crippen LogP contribution in [0.4, 0.5) is 0 Å². The van der Waals surface area contributed by atoms with Gasteiger partial charge in [0.05, 0.1) is 18.4 Å². The Morgan fingerprint density at radius 2 is 1.87 bits per heavy atom. The summed E-state index contributed by atoms with van der Waals surface area (Å²) >= 11 is 0. The molecule has 4 fully saturated rings. The van der Waals surface area contributed by atoms with E-state index in [-0.39, 0.29) is 28.9 Å². The Bertz CT molecular complexity index is 1220. The molecule has 10 atom stereocenters. The number of carbonyl (C=O) groups is 1. The summed E-state index contributed by atoms with van der Waals surface area (Å²) < 4.78 is 0. The van der Waals surface area contributed by atoms with Gasteiger partial charge < -0.3 is 15.2 Å². The van der Waals surface area contributed by atoms with Gasteiger partial charge in [0.1, 0.15) is 0 Å². The van der Waals surface area contributed by atoms with Crippen LogP contribution in [0.3, 0.4) is 0 Å². The van der Waals surface area contributed by atoms with Crippen molar-refractivity contribution in [1.82, 2.24) is 10.4 Å². The van der Waals surface area contributed by atoms with E-state index < -0.39 is 0 Å². The van der Waals surface area contributed by atoms with Gasteiger partial charge >= 0.3 is 0 Å². The van der Waals surface area contributed by atoms with E-state index in [2.05, 4.69) is 36.3 Å². The van der Waals surface area contributed by atoms with Crippen molar-refractivity contribution in [3.05, 3.63) is 36.0 Å². The minimum Gasteiger partial charge on any atom is -0.393 e. The number of hydrogen-bond acceptors (Lipinski definition) is 4. The van der Waals surface area contributed by atoms with Gasteiger partial charge in [0.2, 0.25) is 5.91 Å². The van der Waals surface area contributed by atoms with Crippen molar-refractivity contribution in [3.63, 3.8) is 0 Å². The van der Waals surface area contributed by atoms with Crippen LogP contribution in [-0.4, -0.2) is 39.5 Å². The molecule has 0 saturated heterocycles. The number of benzene rings is 1. The highest BCUT2D eigenvalue weighted by atomic mass is 16.3. The molecule has 0 unspecified atom stereocenters. The molecule has 4 aliphatic carbocycles. The molecule has 6 nitrogen and oxygen atoms in total. The summed E-state index contributed by atoms with van der Waals surface area (Å²) in [5.41, 5.74) is 5.27. The number of fused-ring (bicyclic) bond motifs is 6. The number of aliphatic hydroxyl groups is 2. The zero-order valence-electron chi connectivity index (χ0n) is 23.9. The molecule has 212 valence electrons. The van der Waals surface area contributed by atoms with Gasteiger partial charge in [-0.25, -0.2) is 5.43 Å². The molecule has 0 aliphatic heterocycles. The second-order valence-electron chi connectivity index (χ2n) is 14.1. The lowest BCUT2D eigenvalue weighted by molar-refractivity contribution is -0.174. The number of H-pyrrole nitrogens is 1. The zero-order chi connectivity index (χ0) is 27.4. The Kier molecular flexibility index (Phi) is 7.16. The molecule has 0 bridgehead atoms. The number of aromatic nitrogens is 1. The Hall–Kier alpha value is -2.18. The highest BCUT2D eigenvalue weighted by Gasteiger charge is 2.62. The van der Waals surface area contributed by atoms with Gasteiger partial charge in [-0.15, -0.1) is 0 Å². The van der Waals surface area contributed by atoms with E-state index in [9.17, 15) is 15.0 Å². The van der Waals surface area contributed by atoms with Crippen molar-refractivity contribution in [2.75, 3.05) is 0 Å². The fraction of sp³-hybridized carbons (Fsp3) is 0.697. The summed E-state index contributed by atoms with van der Waals surface area (Å²) in [5.74, 6) is 3.02. The first kappa shape index (κ1) is 27.0. The summed E-state index contributed by atoms with van der Waals surface area (Å²) in [7, 11) is 0. The van der Waals surface area contributed by atoms with Crippen LogP contribution in [0.1, 0.15) is 90.5 Å². The van der Waals surface area contributed by atoms with Gasteiger partial charge in [0.25, 0.3) is 0 Å². The third kappa shape index (κ3) is 4.65. The van der Waals surface area contributed by atoms with Crippen LogP contribution in [-0.2, 0) is 4.79 Å². The van der Waals surface area contributed by atoms with E-state index in [1.807, 2.05) is 30.5 Å². The molecule has 2 aromatic rings. The normalized spacial score (nSPS) is 40.7. The number of amides is 1. The van der Waals surface area contributed by atoms with Crippen LogP contribution >= 0.6 is 0 Å². The van der Waals surface area contributed by atoms with E-state index in [1.165, 1.54) is 25.7 Å². The number of nitrogens with zero attached hydrogens (tertiary/aromatic N) is 1. The summed E-state index contributed by atoms with van der Waals surface area (Å²) in [4.78, 5) is 15.9. The maximum Gasteiger partial charge on any atom is 0.240 e. The number of aromatic amines is 1. The molecule has 4 N–H and O–H groups in total. The van der Waals surface area contributed by atoms with Crippen LogP contribution < -0.4 is 5.43 Å². The van der Waals surface area contributed by atoms with E-state index in [0.29, 0.717) is 41.9 Å². The average Bonchev–Trinajstić information content (AvgIpc) is 3.49. The van der Waals surface area contributed by atoms with Crippen LogP contribution in [0.2, 0.25) is 0 Å². The van der Waals surface area contributed by atoms with Crippen molar-refractivity contribution < 1.29 is 15.0 Å². The maximum absolute atomic E-state index is 12.7. The van der Waals surface area contributed by atoms with Crippen LogP contribution in [0, 0.1) is 46.3 Å². The van der Waals surface area contributed by atoms with Crippen molar-refractivity contribution in [2.24, 2.45) is 51.4 Å². The Morgan fingerprint density at radius 3 is 2.72 bits per heavy atom. The SMILES string of the molecule is C[C@H](CCC(=O)NN=Cc1c[nH]c2ccccc12)[C@H]1CC[C@H]2[C@@H]3[C@H](O)C[C@@H]4C[C@H](O)CC[C@]4(C)[C@H]3CC[C@]12C. The third-order valence-corrected chi connectivity index (χ3v) is 12.3. The van der Waals surface area contributed by atoms with E-state index in [4.69, 9.17) is 0 Å². The summed E-state index contributed by atoms with van der Waals surface area (Å²) in [5, 5.41) is 27.1. The standard InChI is InChI=1S/C33H47N3O3/c1-20(8-11-30(39)36-35-19-21-18-34-28-7-5-4-6-24(21)28)25-9-10-26-31-27(13-15-33(25,26)3)32(2)14-12-23(37)16-22(32)17-29(31)38/h4-7,18-20,22-23,25-27,29,31,34,37-38H,8-17H2,1-3H3,(H,36,39)/t20-,22+,23-,25-,26+,27+,29-,31+,32+,33-/m1/s1. The molecular weight excluding hydrogens is 486 g/mol. The molecule has 6 rings (SSSR count). The van der Waals surface area contributed by atoms with Gasteiger partial charge in [-0.2, -0.15) is 5.10 Å². The fourth-order valence-corrected chi connectivity index (χ4v) is 10.2. The second-order valence-corrected chi connectivity index (χ2v) is 14.1. The largest absolute Gasteiger partial charge is 0.393 e. The van der Waals surface area contributed by atoms with E-state index in [1.54, 1.807) is 6.21 Å². The average molecular weight is 534 g/mol. The monoisotopic (exact) mass is 533 g/mol. The molecule has 0 radical (unpaired) electrons. The number of para-hydroxylation sites is 1. The smallest absolute Gasteiger partial charge is 0.240 e. The van der Waals surface area contributed by atoms with Gasteiger partial charge in [0, 0.05) is 29.1 Å². The number of carbonyl (C=O) groups excluding carboxylic acids is 1. The summed E-state index contributed by atoms with van der Waals surface area (Å²) in [6.07, 6.45) is 13.2. The Labute approximate surface area is 233 Å². The topological polar surface area (TPSA) is 97.7 Å². The third-order valence-electron chi connectivity index (χ3n) is 12.3. The molecular formula is C33H47N3O3. The first-order valence-electron chi connectivity index (χ1n) is 15.4. The van der Waals surface area contributed by atoms with Gasteiger partial charge in [-0.05, 0) is 110 Å². The zero-order valence-corrected chi connectivity index (χ0v) is 23.9. The summed E-state index contributed by atoms with van der Waals surface area (Å²) in [6.45, 7) is 7.31. The van der Waals surface area contributed by atoms with Gasteiger partial charge in [0.15, 0.2) is 0 Å². The highest BCUT2D eigenvalue weighted by Crippen LogP contribution is 2.68. The lowest BCUT2D eigenvalue weighted by atomic mass is 9.43. The van der Waals surface area contributed by atoms with Crippen molar-refractivity contribution in [1.29, 1.82) is 0 Å². The summed E-state index contributed by atoms with van der Waals surface area (Å²) in [6, 6.07) is 8.07. The first-order chi connectivity index (χ1) is 18.7. The lowest BCUT2D eigenvalue weighted by Gasteiger charge is -2.62. The molecule has 1 aromatic carbocycles. The molecule has 39 heavy (non-hydrogen) atoms. The molecule has 6 heteroatoms. The second kappa shape index (κ2) is 10.3. The highest BCUT2D eigenvalue weighted by molar-refractivity contribution is 5.99. The molecule has 1 aromatic heterocycles. The Morgan fingerprint density at radius 1 is 1.10 bits per heavy atom. The van der Waals surface area contributed by atoms with Gasteiger partial charge in [-0.3, -0.25) is 4.79 Å². The molecule has 1 heterocycles. The number of aliphatic hydroxyl groups excluding tert-OH is 2. The van der Waals surface area contributed by atoms with Crippen molar-refractivity contribution >= 4 is 23.0 Å². The number of hydrogen-bond donors (Lipinski definition) is 4. The number of rotatable bonds is 6. The number of hydrazone groups is 1. The minimum atomic E-state index is -0.238. The lowest BCUT2D eigenvalue weighted by Crippen LogP contribution is -2.58. The maximum atomic E-state index is 12.7. The molecule has 4 saturated carbocycles. The Balaban J connectivity index is 1.06. The number of nitrogens with one attached hydrogen (secondary N) is 2. The van der Waals surface area contributed by atoms with E-state index in [0.717, 1.165) is 48.6 Å². The predicted octanol–water partition coefficient (Wildman–Crippen LogP) is 6.02. The van der Waals surface area contributed by atoms with Crippen molar-refractivity contribution in [3.8, 4) is 0 Å². The quantitative estimate of drug-likeness (QED) is 0.270. The van der Waals surface area contributed by atoms with Gasteiger partial charge in [-0.1, -0.05) is 39.0 Å². The minimum absolute atomic E-state index is 0.0255. The fourth-order valence-electron chi connectivity index (χ4n) is 10.2. The van der Waals surface area contributed by atoms with Crippen LogP contribution in [0.5, 0.6) is 0 Å². The van der Waals surface area contributed by atoms with Crippen molar-refractivity contribution in [2.45, 2.75) is 97.2 Å².